The molecule has 2 amide bonds. The SMILES string of the molecule is Cc1ccc(C2=NC(=O)C(Nc3ccc(N4CC(C)(O)C4)cn3)=C2)c(F)c1NC(=O)c1cc2ccccc2s1. The molecule has 1 saturated heterocycles. The second-order valence-electron chi connectivity index (χ2n) is 9.96. The quantitative estimate of drug-likeness (QED) is 0.321. The van der Waals surface area contributed by atoms with Gasteiger partial charge in [-0.25, -0.2) is 14.4 Å². The summed E-state index contributed by atoms with van der Waals surface area (Å²) in [6.07, 6.45) is 3.13. The highest BCUT2D eigenvalue weighted by atomic mass is 32.1. The molecule has 0 aliphatic carbocycles. The summed E-state index contributed by atoms with van der Waals surface area (Å²) < 4.78 is 16.6. The van der Waals surface area contributed by atoms with E-state index in [9.17, 15) is 14.7 Å². The molecule has 0 spiro atoms. The second kappa shape index (κ2) is 9.40. The molecule has 10 heteroatoms. The molecule has 1 fully saturated rings. The maximum atomic E-state index is 15.7. The van der Waals surface area contributed by atoms with Crippen molar-refractivity contribution in [1.29, 1.82) is 0 Å². The number of fused-ring (bicyclic) bond motifs is 1. The number of hydrogen-bond donors (Lipinski definition) is 3. The number of aryl methyl sites for hydroxylation is 1. The van der Waals surface area contributed by atoms with Gasteiger partial charge in [-0.15, -0.1) is 11.3 Å². The lowest BCUT2D eigenvalue weighted by Crippen LogP contribution is -2.60. The number of carbonyl (C=O) groups is 2. The van der Waals surface area contributed by atoms with E-state index in [1.807, 2.05) is 35.2 Å². The summed E-state index contributed by atoms with van der Waals surface area (Å²) >= 11 is 1.33. The number of allylic oxidation sites excluding steroid dienone is 1. The fraction of sp³-hybridized carbons (Fsp3) is 0.172. The monoisotopic (exact) mass is 541 g/mol. The Morgan fingerprint density at radius 3 is 2.67 bits per heavy atom. The predicted octanol–water partition coefficient (Wildman–Crippen LogP) is 4.89. The van der Waals surface area contributed by atoms with Gasteiger partial charge in [0.1, 0.15) is 11.5 Å². The number of halogens is 1. The number of pyridine rings is 1. The fourth-order valence-electron chi connectivity index (χ4n) is 4.66. The van der Waals surface area contributed by atoms with Crippen molar-refractivity contribution in [2.45, 2.75) is 19.4 Å². The Hall–Kier alpha value is -4.41. The number of rotatable bonds is 6. The van der Waals surface area contributed by atoms with E-state index >= 15 is 4.39 Å². The lowest BCUT2D eigenvalue weighted by molar-refractivity contribution is -0.114. The van der Waals surface area contributed by atoms with E-state index in [-0.39, 0.29) is 22.7 Å². The van der Waals surface area contributed by atoms with E-state index in [4.69, 9.17) is 0 Å². The van der Waals surface area contributed by atoms with Crippen LogP contribution in [0.5, 0.6) is 0 Å². The fourth-order valence-corrected chi connectivity index (χ4v) is 5.62. The first-order chi connectivity index (χ1) is 18.7. The van der Waals surface area contributed by atoms with Crippen molar-refractivity contribution < 1.29 is 19.1 Å². The number of aliphatic imine (C=N–C) groups is 1. The first kappa shape index (κ1) is 24.9. The van der Waals surface area contributed by atoms with Crippen LogP contribution in [0.25, 0.3) is 10.1 Å². The number of aromatic nitrogens is 1. The minimum absolute atomic E-state index is 0.0436. The van der Waals surface area contributed by atoms with Crippen molar-refractivity contribution in [3.05, 3.63) is 94.4 Å². The van der Waals surface area contributed by atoms with Crippen LogP contribution in [-0.4, -0.2) is 46.3 Å². The molecule has 0 radical (unpaired) electrons. The van der Waals surface area contributed by atoms with Crippen LogP contribution >= 0.6 is 11.3 Å². The van der Waals surface area contributed by atoms with Gasteiger partial charge in [0.15, 0.2) is 5.82 Å². The second-order valence-corrected chi connectivity index (χ2v) is 11.0. The first-order valence-electron chi connectivity index (χ1n) is 12.3. The standard InChI is InChI=1S/C29H24FN5O3S/c1-16-7-9-19(25(30)26(16)34-28(37)23-11-17-5-3-4-6-22(17)39-23)20-12-21(27(36)33-20)32-24-10-8-18(13-31-24)35-14-29(2,38)15-35/h3-13,38H,14-15H2,1-2H3,(H,34,37)(H,31,32,33,36). The zero-order valence-electron chi connectivity index (χ0n) is 21.2. The van der Waals surface area contributed by atoms with Gasteiger partial charge in [-0.2, -0.15) is 0 Å². The lowest BCUT2D eigenvalue weighted by Gasteiger charge is -2.45. The number of amides is 2. The predicted molar refractivity (Wildman–Crippen MR) is 151 cm³/mol. The molecule has 0 atom stereocenters. The molecule has 2 aliphatic rings. The highest BCUT2D eigenvalue weighted by Gasteiger charge is 2.36. The van der Waals surface area contributed by atoms with E-state index in [1.165, 1.54) is 17.4 Å². The highest BCUT2D eigenvalue weighted by Crippen LogP contribution is 2.30. The van der Waals surface area contributed by atoms with Crippen molar-refractivity contribution >= 4 is 56.1 Å². The minimum Gasteiger partial charge on any atom is -0.386 e. The molecule has 0 saturated carbocycles. The molecule has 196 valence electrons. The molecule has 4 aromatic rings. The zero-order valence-corrected chi connectivity index (χ0v) is 22.0. The Labute approximate surface area is 227 Å². The Kier molecular flexibility index (Phi) is 6.00. The number of thiophene rings is 1. The van der Waals surface area contributed by atoms with Gasteiger partial charge in [0.05, 0.1) is 33.8 Å². The van der Waals surface area contributed by atoms with Crippen LogP contribution in [0.3, 0.4) is 0 Å². The van der Waals surface area contributed by atoms with Gasteiger partial charge < -0.3 is 20.6 Å². The van der Waals surface area contributed by atoms with E-state index in [2.05, 4.69) is 20.6 Å². The summed E-state index contributed by atoms with van der Waals surface area (Å²) in [7, 11) is 0. The number of carbonyl (C=O) groups excluding carboxylic acids is 2. The highest BCUT2D eigenvalue weighted by molar-refractivity contribution is 7.20. The molecule has 0 unspecified atom stereocenters. The third-order valence-corrected chi connectivity index (χ3v) is 7.80. The molecular weight excluding hydrogens is 517 g/mol. The molecule has 39 heavy (non-hydrogen) atoms. The van der Waals surface area contributed by atoms with Gasteiger partial charge in [-0.05, 0) is 61.2 Å². The van der Waals surface area contributed by atoms with E-state index in [0.717, 1.165) is 15.8 Å². The van der Waals surface area contributed by atoms with Crippen LogP contribution in [0.2, 0.25) is 0 Å². The minimum atomic E-state index is -0.696. The van der Waals surface area contributed by atoms with Gasteiger partial charge in [-0.3, -0.25) is 9.59 Å². The molecule has 8 nitrogen and oxygen atoms in total. The van der Waals surface area contributed by atoms with Crippen LogP contribution in [-0.2, 0) is 4.79 Å². The average molecular weight is 542 g/mol. The normalized spacial score (nSPS) is 16.1. The largest absolute Gasteiger partial charge is 0.386 e. The molecule has 3 N–H and O–H groups in total. The number of nitrogens with zero attached hydrogens (tertiary/aromatic N) is 3. The van der Waals surface area contributed by atoms with Gasteiger partial charge >= 0.3 is 0 Å². The number of aliphatic hydroxyl groups is 1. The Bertz CT molecular complexity index is 1670. The topological polar surface area (TPSA) is 107 Å². The number of anilines is 3. The molecule has 0 bridgehead atoms. The summed E-state index contributed by atoms with van der Waals surface area (Å²) in [4.78, 5) is 36.4. The summed E-state index contributed by atoms with van der Waals surface area (Å²) in [6.45, 7) is 4.53. The first-order valence-corrected chi connectivity index (χ1v) is 13.1. The molecule has 6 rings (SSSR count). The van der Waals surface area contributed by atoms with Crippen LogP contribution in [0.15, 0.2) is 77.6 Å². The van der Waals surface area contributed by atoms with Crippen molar-refractivity contribution in [1.82, 2.24) is 4.98 Å². The van der Waals surface area contributed by atoms with Crippen molar-refractivity contribution in [3.63, 3.8) is 0 Å². The molecular formula is C29H24FN5O3S. The summed E-state index contributed by atoms with van der Waals surface area (Å²) in [5.74, 6) is -1.19. The summed E-state index contributed by atoms with van der Waals surface area (Å²) in [5, 5.41) is 16.5. The Balaban J connectivity index is 1.20. The van der Waals surface area contributed by atoms with Crippen LogP contribution < -0.4 is 15.5 Å². The van der Waals surface area contributed by atoms with Crippen molar-refractivity contribution in [2.24, 2.45) is 4.99 Å². The zero-order chi connectivity index (χ0) is 27.3. The van der Waals surface area contributed by atoms with Gasteiger partial charge in [0, 0.05) is 23.4 Å². The number of hydrogen-bond acceptors (Lipinski definition) is 7. The van der Waals surface area contributed by atoms with Gasteiger partial charge in [0.25, 0.3) is 11.8 Å². The number of nitrogens with one attached hydrogen (secondary N) is 2. The third kappa shape index (κ3) is 4.80. The van der Waals surface area contributed by atoms with E-state index < -0.39 is 23.2 Å². The third-order valence-electron chi connectivity index (χ3n) is 6.69. The Morgan fingerprint density at radius 1 is 1.15 bits per heavy atom. The van der Waals surface area contributed by atoms with Crippen molar-refractivity contribution in [2.75, 3.05) is 28.6 Å². The molecule has 2 aromatic carbocycles. The van der Waals surface area contributed by atoms with Gasteiger partial charge in [0.2, 0.25) is 0 Å². The molecule has 4 heterocycles. The number of β-amino-alcohol motifs (C(OH)–C–C–N with tert-alkyl or cyclic N) is 1. The number of benzene rings is 2. The summed E-state index contributed by atoms with van der Waals surface area (Å²) in [5.41, 5.74) is 1.17. The van der Waals surface area contributed by atoms with E-state index in [0.29, 0.717) is 29.3 Å². The lowest BCUT2D eigenvalue weighted by atomic mass is 9.96. The maximum Gasteiger partial charge on any atom is 0.294 e. The maximum absolute atomic E-state index is 15.7. The smallest absolute Gasteiger partial charge is 0.294 e. The molecule has 2 aliphatic heterocycles. The van der Waals surface area contributed by atoms with E-state index in [1.54, 1.807) is 44.3 Å². The average Bonchev–Trinajstić information content (AvgIpc) is 3.49. The summed E-state index contributed by atoms with van der Waals surface area (Å²) in [6, 6.07) is 16.2. The van der Waals surface area contributed by atoms with Crippen LogP contribution in [0, 0.1) is 12.7 Å². The Morgan fingerprint density at radius 2 is 1.95 bits per heavy atom. The van der Waals surface area contributed by atoms with Gasteiger partial charge in [-0.1, -0.05) is 24.3 Å². The van der Waals surface area contributed by atoms with Crippen LogP contribution in [0.4, 0.5) is 21.6 Å². The van der Waals surface area contributed by atoms with Crippen molar-refractivity contribution in [3.8, 4) is 0 Å². The molecule has 2 aromatic heterocycles. The van der Waals surface area contributed by atoms with Crippen LogP contribution in [0.1, 0.15) is 27.7 Å².